The molecule has 0 radical (unpaired) electrons. The highest BCUT2D eigenvalue weighted by Gasteiger charge is 2.17. The molecular weight excluding hydrogens is 296 g/mol. The molecule has 4 heteroatoms. The molecule has 114 valence electrons. The highest BCUT2D eigenvalue weighted by atomic mass is 35.5. The van der Waals surface area contributed by atoms with E-state index in [1.165, 1.54) is 0 Å². The fraction of sp³-hybridized carbons (Fsp3) is 0.222. The predicted octanol–water partition coefficient (Wildman–Crippen LogP) is 4.26. The van der Waals surface area contributed by atoms with Crippen LogP contribution in [0.25, 0.3) is 6.08 Å². The highest BCUT2D eigenvalue weighted by molar-refractivity contribution is 6.30. The molecule has 1 amide bonds. The molecular formula is C18H19ClN2O. The molecule has 2 rings (SSSR count). The molecule has 0 fully saturated rings. The number of hydrogen-bond acceptors (Lipinski definition) is 2. The lowest BCUT2D eigenvalue weighted by Crippen LogP contribution is -2.30. The van der Waals surface area contributed by atoms with Crippen molar-refractivity contribution in [3.05, 3.63) is 71.0 Å². The van der Waals surface area contributed by atoms with Gasteiger partial charge in [-0.3, -0.25) is 9.78 Å². The lowest BCUT2D eigenvalue weighted by atomic mass is 9.96. The van der Waals surface area contributed by atoms with Gasteiger partial charge in [-0.2, -0.15) is 0 Å². The van der Waals surface area contributed by atoms with Crippen LogP contribution in [-0.4, -0.2) is 10.9 Å². The van der Waals surface area contributed by atoms with Crippen LogP contribution < -0.4 is 5.32 Å². The van der Waals surface area contributed by atoms with Crippen LogP contribution in [-0.2, 0) is 4.79 Å². The van der Waals surface area contributed by atoms with E-state index in [0.717, 1.165) is 11.1 Å². The van der Waals surface area contributed by atoms with Gasteiger partial charge in [-0.25, -0.2) is 0 Å². The summed E-state index contributed by atoms with van der Waals surface area (Å²) in [6, 6.07) is 11.2. The fourth-order valence-corrected chi connectivity index (χ4v) is 2.28. The number of nitrogens with one attached hydrogen (secondary N) is 1. The molecule has 0 bridgehead atoms. The van der Waals surface area contributed by atoms with Crippen molar-refractivity contribution in [1.82, 2.24) is 10.3 Å². The number of carbonyl (C=O) groups is 1. The van der Waals surface area contributed by atoms with E-state index in [2.05, 4.69) is 24.1 Å². The summed E-state index contributed by atoms with van der Waals surface area (Å²) in [4.78, 5) is 16.1. The number of pyridine rings is 1. The zero-order valence-electron chi connectivity index (χ0n) is 12.7. The molecule has 1 heterocycles. The molecule has 0 aliphatic heterocycles. The van der Waals surface area contributed by atoms with Crippen LogP contribution in [0, 0.1) is 5.92 Å². The van der Waals surface area contributed by atoms with Crippen molar-refractivity contribution in [3.63, 3.8) is 0 Å². The van der Waals surface area contributed by atoms with Crippen LogP contribution in [0.5, 0.6) is 0 Å². The van der Waals surface area contributed by atoms with Gasteiger partial charge in [0.1, 0.15) is 0 Å². The minimum atomic E-state index is -0.120. The number of benzene rings is 1. The zero-order valence-corrected chi connectivity index (χ0v) is 13.4. The van der Waals surface area contributed by atoms with Crippen molar-refractivity contribution < 1.29 is 4.79 Å². The molecule has 1 atom stereocenters. The van der Waals surface area contributed by atoms with Gasteiger partial charge in [0.05, 0.1) is 6.04 Å². The van der Waals surface area contributed by atoms with E-state index in [-0.39, 0.29) is 17.9 Å². The minimum Gasteiger partial charge on any atom is -0.345 e. The first kappa shape index (κ1) is 16.2. The summed E-state index contributed by atoms with van der Waals surface area (Å²) in [5, 5.41) is 3.73. The Morgan fingerprint density at radius 3 is 2.36 bits per heavy atom. The van der Waals surface area contributed by atoms with Crippen molar-refractivity contribution in [2.75, 3.05) is 0 Å². The van der Waals surface area contributed by atoms with Gasteiger partial charge in [0.25, 0.3) is 0 Å². The van der Waals surface area contributed by atoms with Gasteiger partial charge >= 0.3 is 0 Å². The number of carbonyl (C=O) groups excluding carboxylic acids is 1. The summed E-state index contributed by atoms with van der Waals surface area (Å²) in [6.45, 7) is 4.15. The van der Waals surface area contributed by atoms with E-state index in [1.54, 1.807) is 24.5 Å². The van der Waals surface area contributed by atoms with Gasteiger partial charge in [0.2, 0.25) is 5.91 Å². The summed E-state index contributed by atoms with van der Waals surface area (Å²) in [6.07, 6.45) is 6.71. The molecule has 0 aliphatic carbocycles. The van der Waals surface area contributed by atoms with Gasteiger partial charge in [0, 0.05) is 23.5 Å². The van der Waals surface area contributed by atoms with Crippen LogP contribution in [0.3, 0.4) is 0 Å². The first-order chi connectivity index (χ1) is 10.6. The summed E-state index contributed by atoms with van der Waals surface area (Å²) in [7, 11) is 0. The molecule has 0 spiro atoms. The van der Waals surface area contributed by atoms with Gasteiger partial charge in [-0.1, -0.05) is 37.6 Å². The Morgan fingerprint density at radius 2 is 1.77 bits per heavy atom. The number of hydrogen-bond donors (Lipinski definition) is 1. The lowest BCUT2D eigenvalue weighted by molar-refractivity contribution is -0.117. The van der Waals surface area contributed by atoms with Gasteiger partial charge in [0.15, 0.2) is 0 Å². The Morgan fingerprint density at radius 1 is 1.14 bits per heavy atom. The molecule has 0 aliphatic rings. The van der Waals surface area contributed by atoms with E-state index in [9.17, 15) is 4.79 Å². The molecule has 2 aromatic rings. The maximum Gasteiger partial charge on any atom is 0.244 e. The number of amides is 1. The summed E-state index contributed by atoms with van der Waals surface area (Å²) < 4.78 is 0. The topological polar surface area (TPSA) is 42.0 Å². The maximum atomic E-state index is 12.1. The summed E-state index contributed by atoms with van der Waals surface area (Å²) in [5.74, 6) is 0.157. The third kappa shape index (κ3) is 4.71. The second-order valence-electron chi connectivity index (χ2n) is 5.40. The third-order valence-electron chi connectivity index (χ3n) is 3.33. The van der Waals surface area contributed by atoms with E-state index < -0.39 is 0 Å². The van der Waals surface area contributed by atoms with Crippen LogP contribution in [0.4, 0.5) is 0 Å². The Kier molecular flexibility index (Phi) is 5.73. The minimum absolute atomic E-state index is 0.0492. The first-order valence-electron chi connectivity index (χ1n) is 7.20. The van der Waals surface area contributed by atoms with Crippen molar-refractivity contribution in [1.29, 1.82) is 0 Å². The van der Waals surface area contributed by atoms with Gasteiger partial charge < -0.3 is 5.32 Å². The van der Waals surface area contributed by atoms with E-state index in [0.29, 0.717) is 5.02 Å². The van der Waals surface area contributed by atoms with Crippen molar-refractivity contribution in [2.45, 2.75) is 19.9 Å². The van der Waals surface area contributed by atoms with Crippen LogP contribution >= 0.6 is 11.6 Å². The first-order valence-corrected chi connectivity index (χ1v) is 7.58. The SMILES string of the molecule is CC(C)C(NC(=O)/C=C/c1ccncc1)c1ccc(Cl)cc1. The molecule has 1 unspecified atom stereocenters. The molecule has 1 N–H and O–H groups in total. The van der Waals surface area contributed by atoms with E-state index in [4.69, 9.17) is 11.6 Å². The summed E-state index contributed by atoms with van der Waals surface area (Å²) in [5.41, 5.74) is 1.99. The second kappa shape index (κ2) is 7.76. The van der Waals surface area contributed by atoms with Crippen LogP contribution in [0.1, 0.15) is 31.0 Å². The number of aromatic nitrogens is 1. The molecule has 0 saturated heterocycles. The third-order valence-corrected chi connectivity index (χ3v) is 3.58. The van der Waals surface area contributed by atoms with Crippen molar-refractivity contribution in [3.8, 4) is 0 Å². The van der Waals surface area contributed by atoms with Crippen molar-refractivity contribution >= 4 is 23.6 Å². The molecule has 3 nitrogen and oxygen atoms in total. The Hall–Kier alpha value is -2.13. The average molecular weight is 315 g/mol. The molecule has 22 heavy (non-hydrogen) atoms. The summed E-state index contributed by atoms with van der Waals surface area (Å²) >= 11 is 5.92. The quantitative estimate of drug-likeness (QED) is 0.838. The Balaban J connectivity index is 2.06. The second-order valence-corrected chi connectivity index (χ2v) is 5.83. The van der Waals surface area contributed by atoms with Gasteiger partial charge in [-0.15, -0.1) is 0 Å². The zero-order chi connectivity index (χ0) is 15.9. The number of nitrogens with zero attached hydrogens (tertiary/aromatic N) is 1. The average Bonchev–Trinajstić information content (AvgIpc) is 2.52. The van der Waals surface area contributed by atoms with Crippen molar-refractivity contribution in [2.24, 2.45) is 5.92 Å². The van der Waals surface area contributed by atoms with Crippen LogP contribution in [0.15, 0.2) is 54.9 Å². The Bertz CT molecular complexity index is 636. The van der Waals surface area contributed by atoms with Crippen LogP contribution in [0.2, 0.25) is 5.02 Å². The fourth-order valence-electron chi connectivity index (χ4n) is 2.15. The largest absolute Gasteiger partial charge is 0.345 e. The van der Waals surface area contributed by atoms with E-state index in [1.807, 2.05) is 36.4 Å². The number of rotatable bonds is 5. The molecule has 1 aromatic heterocycles. The van der Waals surface area contributed by atoms with Gasteiger partial charge in [-0.05, 0) is 47.4 Å². The number of halogens is 1. The smallest absolute Gasteiger partial charge is 0.244 e. The predicted molar refractivity (Wildman–Crippen MR) is 90.4 cm³/mol. The maximum absolute atomic E-state index is 12.1. The highest BCUT2D eigenvalue weighted by Crippen LogP contribution is 2.23. The molecule has 1 aromatic carbocycles. The molecule has 0 saturated carbocycles. The lowest BCUT2D eigenvalue weighted by Gasteiger charge is -2.22. The van der Waals surface area contributed by atoms with E-state index >= 15 is 0 Å². The standard InChI is InChI=1S/C18H19ClN2O/c1-13(2)18(15-4-6-16(19)7-5-15)21-17(22)8-3-14-9-11-20-12-10-14/h3-13,18H,1-2H3,(H,21,22)/b8-3+. The monoisotopic (exact) mass is 314 g/mol. The normalized spacial score (nSPS) is 12.5. The Labute approximate surface area is 136 Å².